The fraction of sp³-hybridized carbons (Fsp3) is 0.526. The van der Waals surface area contributed by atoms with Crippen molar-refractivity contribution < 1.29 is 9.59 Å². The highest BCUT2D eigenvalue weighted by Crippen LogP contribution is 2.40. The maximum Gasteiger partial charge on any atom is 0.253 e. The molecular formula is C19H24N6O2. The molecule has 1 aromatic heterocycles. The molecule has 2 saturated heterocycles. The van der Waals surface area contributed by atoms with Crippen LogP contribution in [0.4, 0.5) is 0 Å². The van der Waals surface area contributed by atoms with Gasteiger partial charge in [0, 0.05) is 38.7 Å². The largest absolute Gasteiger partial charge is 0.345 e. The number of hydrogen-bond acceptors (Lipinski definition) is 5. The first-order chi connectivity index (χ1) is 13.0. The van der Waals surface area contributed by atoms with E-state index >= 15 is 0 Å². The van der Waals surface area contributed by atoms with E-state index in [0.717, 1.165) is 44.6 Å². The Morgan fingerprint density at radius 2 is 1.96 bits per heavy atom. The molecule has 0 saturated carbocycles. The number of aryl methyl sites for hydroxylation is 1. The van der Waals surface area contributed by atoms with Gasteiger partial charge in [0.05, 0.1) is 5.69 Å². The molecule has 2 aromatic rings. The summed E-state index contributed by atoms with van der Waals surface area (Å²) in [6, 6.07) is 7.42. The van der Waals surface area contributed by atoms with E-state index in [1.54, 1.807) is 4.68 Å². The molecule has 2 amide bonds. The van der Waals surface area contributed by atoms with Gasteiger partial charge in [-0.1, -0.05) is 6.07 Å². The van der Waals surface area contributed by atoms with E-state index in [1.165, 1.54) is 0 Å². The Balaban J connectivity index is 1.46. The molecule has 0 unspecified atom stereocenters. The van der Waals surface area contributed by atoms with E-state index in [0.29, 0.717) is 17.8 Å². The number of piperidine rings is 2. The Labute approximate surface area is 158 Å². The van der Waals surface area contributed by atoms with E-state index < -0.39 is 0 Å². The summed E-state index contributed by atoms with van der Waals surface area (Å²) in [5.74, 6) is 0.946. The lowest BCUT2D eigenvalue weighted by atomic mass is 9.72. The van der Waals surface area contributed by atoms with Crippen molar-refractivity contribution in [1.29, 1.82) is 0 Å². The molecule has 27 heavy (non-hydrogen) atoms. The molecule has 4 rings (SSSR count). The fourth-order valence-electron chi connectivity index (χ4n) is 4.25. The number of amides is 2. The molecule has 2 fully saturated rings. The Morgan fingerprint density at radius 1 is 1.19 bits per heavy atom. The van der Waals surface area contributed by atoms with Crippen LogP contribution in [0, 0.1) is 12.3 Å². The Hall–Kier alpha value is -2.77. The van der Waals surface area contributed by atoms with Crippen LogP contribution < -0.4 is 0 Å². The van der Waals surface area contributed by atoms with Crippen LogP contribution in [0.15, 0.2) is 24.3 Å². The number of aromatic nitrogens is 4. The number of carbonyl (C=O) groups excluding carboxylic acids is 2. The van der Waals surface area contributed by atoms with Gasteiger partial charge in [0.1, 0.15) is 0 Å². The minimum absolute atomic E-state index is 0.0395. The Bertz CT molecular complexity index is 869. The van der Waals surface area contributed by atoms with E-state index in [2.05, 4.69) is 15.5 Å². The molecule has 0 bridgehead atoms. The van der Waals surface area contributed by atoms with Crippen LogP contribution in [0.2, 0.25) is 0 Å². The summed E-state index contributed by atoms with van der Waals surface area (Å²) in [4.78, 5) is 28.5. The number of likely N-dealkylation sites (tertiary alicyclic amines) is 2. The van der Waals surface area contributed by atoms with Gasteiger partial charge < -0.3 is 9.80 Å². The van der Waals surface area contributed by atoms with Crippen molar-refractivity contribution in [2.24, 2.45) is 5.41 Å². The quantitative estimate of drug-likeness (QED) is 0.801. The lowest BCUT2D eigenvalue weighted by Crippen LogP contribution is -2.51. The third kappa shape index (κ3) is 3.31. The monoisotopic (exact) mass is 368 g/mol. The summed E-state index contributed by atoms with van der Waals surface area (Å²) < 4.78 is 1.62. The number of hydrogen-bond donors (Lipinski definition) is 0. The summed E-state index contributed by atoms with van der Waals surface area (Å²) in [6.07, 6.45) is 3.45. The molecule has 0 aliphatic carbocycles. The molecule has 0 radical (unpaired) electrons. The van der Waals surface area contributed by atoms with Crippen LogP contribution in [0.25, 0.3) is 5.69 Å². The predicted molar refractivity (Wildman–Crippen MR) is 98.3 cm³/mol. The van der Waals surface area contributed by atoms with Gasteiger partial charge in [-0.3, -0.25) is 9.59 Å². The zero-order valence-corrected chi connectivity index (χ0v) is 15.8. The molecule has 1 aromatic carbocycles. The van der Waals surface area contributed by atoms with Crippen molar-refractivity contribution in [3.63, 3.8) is 0 Å². The molecule has 0 atom stereocenters. The third-order valence-corrected chi connectivity index (χ3v) is 5.94. The van der Waals surface area contributed by atoms with Gasteiger partial charge in [0.25, 0.3) is 5.91 Å². The highest BCUT2D eigenvalue weighted by molar-refractivity contribution is 5.94. The summed E-state index contributed by atoms with van der Waals surface area (Å²) in [6.45, 7) is 4.09. The second-order valence-electron chi connectivity index (χ2n) is 7.73. The van der Waals surface area contributed by atoms with Crippen molar-refractivity contribution in [3.05, 3.63) is 35.7 Å². The fourth-order valence-corrected chi connectivity index (χ4v) is 4.25. The van der Waals surface area contributed by atoms with Crippen molar-refractivity contribution in [1.82, 2.24) is 30.0 Å². The maximum absolute atomic E-state index is 13.0. The minimum Gasteiger partial charge on any atom is -0.345 e. The second-order valence-corrected chi connectivity index (χ2v) is 7.73. The SMILES string of the molecule is Cc1nnnn1-c1cccc(C(=O)N2CCC3(CCC(=O)N(C)C3)CC2)c1. The normalized spacial score (nSPS) is 19.6. The van der Waals surface area contributed by atoms with Crippen LogP contribution in [0.3, 0.4) is 0 Å². The standard InChI is InChI=1S/C19H24N6O2/c1-14-20-21-22-25(14)16-5-3-4-15(12-16)18(27)24-10-8-19(9-11-24)7-6-17(26)23(2)13-19/h3-5,12H,6-11,13H2,1-2H3. The van der Waals surface area contributed by atoms with Crippen LogP contribution in [0.1, 0.15) is 41.9 Å². The first-order valence-corrected chi connectivity index (χ1v) is 9.36. The van der Waals surface area contributed by atoms with E-state index in [1.807, 2.05) is 48.0 Å². The third-order valence-electron chi connectivity index (χ3n) is 5.94. The topological polar surface area (TPSA) is 84.2 Å². The molecule has 8 heteroatoms. The van der Waals surface area contributed by atoms with Crippen LogP contribution in [-0.4, -0.2) is 68.5 Å². The van der Waals surface area contributed by atoms with Gasteiger partial charge in [-0.05, 0) is 60.2 Å². The molecule has 8 nitrogen and oxygen atoms in total. The second kappa shape index (κ2) is 6.75. The molecule has 2 aliphatic rings. The number of benzene rings is 1. The van der Waals surface area contributed by atoms with Gasteiger partial charge in [-0.2, -0.15) is 4.68 Å². The molecule has 142 valence electrons. The summed E-state index contributed by atoms with van der Waals surface area (Å²) in [5.41, 5.74) is 1.60. The first kappa shape index (κ1) is 17.6. The van der Waals surface area contributed by atoms with Crippen LogP contribution in [0.5, 0.6) is 0 Å². The number of rotatable bonds is 2. The predicted octanol–water partition coefficient (Wildman–Crippen LogP) is 1.45. The summed E-state index contributed by atoms with van der Waals surface area (Å²) in [5, 5.41) is 11.5. The van der Waals surface area contributed by atoms with Gasteiger partial charge in [0.2, 0.25) is 5.91 Å². The molecule has 2 aliphatic heterocycles. The first-order valence-electron chi connectivity index (χ1n) is 9.36. The van der Waals surface area contributed by atoms with Crippen molar-refractivity contribution in [2.75, 3.05) is 26.7 Å². The highest BCUT2D eigenvalue weighted by atomic mass is 16.2. The molecular weight excluding hydrogens is 344 g/mol. The maximum atomic E-state index is 13.0. The lowest BCUT2D eigenvalue weighted by molar-refractivity contribution is -0.137. The Kier molecular flexibility index (Phi) is 4.41. The van der Waals surface area contributed by atoms with E-state index in [9.17, 15) is 9.59 Å². The lowest BCUT2D eigenvalue weighted by Gasteiger charge is -2.46. The van der Waals surface area contributed by atoms with Crippen molar-refractivity contribution in [3.8, 4) is 5.69 Å². The molecule has 3 heterocycles. The molecule has 0 N–H and O–H groups in total. The average Bonchev–Trinajstić information content (AvgIpc) is 3.11. The van der Waals surface area contributed by atoms with Gasteiger partial charge in [-0.15, -0.1) is 5.10 Å². The van der Waals surface area contributed by atoms with Crippen LogP contribution in [-0.2, 0) is 4.79 Å². The van der Waals surface area contributed by atoms with E-state index in [4.69, 9.17) is 0 Å². The van der Waals surface area contributed by atoms with Crippen molar-refractivity contribution >= 4 is 11.8 Å². The van der Waals surface area contributed by atoms with Gasteiger partial charge >= 0.3 is 0 Å². The zero-order valence-electron chi connectivity index (χ0n) is 15.8. The number of carbonyl (C=O) groups is 2. The molecule has 1 spiro atoms. The van der Waals surface area contributed by atoms with Gasteiger partial charge in [0.15, 0.2) is 5.82 Å². The minimum atomic E-state index is 0.0395. The summed E-state index contributed by atoms with van der Waals surface area (Å²) >= 11 is 0. The van der Waals surface area contributed by atoms with Gasteiger partial charge in [-0.25, -0.2) is 0 Å². The Morgan fingerprint density at radius 3 is 2.63 bits per heavy atom. The number of nitrogens with zero attached hydrogens (tertiary/aromatic N) is 6. The summed E-state index contributed by atoms with van der Waals surface area (Å²) in [7, 11) is 1.88. The number of tetrazole rings is 1. The van der Waals surface area contributed by atoms with Crippen molar-refractivity contribution in [2.45, 2.75) is 32.6 Å². The van der Waals surface area contributed by atoms with E-state index in [-0.39, 0.29) is 17.2 Å². The zero-order chi connectivity index (χ0) is 19.0. The average molecular weight is 368 g/mol. The highest BCUT2D eigenvalue weighted by Gasteiger charge is 2.40. The smallest absolute Gasteiger partial charge is 0.253 e. The van der Waals surface area contributed by atoms with Crippen LogP contribution >= 0.6 is 0 Å².